The van der Waals surface area contributed by atoms with Gasteiger partial charge in [0.2, 0.25) is 17.7 Å². The van der Waals surface area contributed by atoms with Gasteiger partial charge >= 0.3 is 11.9 Å². The fraction of sp³-hybridized carbons (Fsp3) is 0.500. The molecule has 0 aromatic heterocycles. The lowest BCUT2D eigenvalue weighted by Gasteiger charge is -2.26. The van der Waals surface area contributed by atoms with E-state index in [1.807, 2.05) is 0 Å². The minimum atomic E-state index is -1.56. The lowest BCUT2D eigenvalue weighted by molar-refractivity contribution is -0.143. The van der Waals surface area contributed by atoms with Crippen molar-refractivity contribution in [2.75, 3.05) is 12.0 Å². The number of carbonyl (C=O) groups excluding carboxylic acids is 3. The van der Waals surface area contributed by atoms with Gasteiger partial charge < -0.3 is 42.1 Å². The SMILES string of the molecule is CSCCC(NC(=O)C(NC(=O)C(Cc1ccc(O)cc1)NC(=O)C(N)CC(=O)O)C(C)O)C(=O)O. The molecular formula is C22H32N4O9S. The van der Waals surface area contributed by atoms with Gasteiger partial charge in [-0.05, 0) is 43.0 Å². The van der Waals surface area contributed by atoms with Crippen LogP contribution in [0, 0.1) is 0 Å². The molecular weight excluding hydrogens is 496 g/mol. The van der Waals surface area contributed by atoms with E-state index in [0.29, 0.717) is 11.3 Å². The molecule has 0 heterocycles. The van der Waals surface area contributed by atoms with Gasteiger partial charge in [0.1, 0.15) is 23.9 Å². The van der Waals surface area contributed by atoms with Crippen molar-refractivity contribution in [3.8, 4) is 5.75 Å². The molecule has 5 atom stereocenters. The third-order valence-corrected chi connectivity index (χ3v) is 5.67. The van der Waals surface area contributed by atoms with Gasteiger partial charge in [0.05, 0.1) is 18.6 Å². The lowest BCUT2D eigenvalue weighted by Crippen LogP contribution is -2.60. The molecule has 0 saturated heterocycles. The molecule has 1 rings (SSSR count). The summed E-state index contributed by atoms with van der Waals surface area (Å²) < 4.78 is 0. The zero-order valence-electron chi connectivity index (χ0n) is 19.8. The number of aliphatic hydroxyl groups is 1. The number of carboxylic acid groups (broad SMARTS) is 2. The number of amides is 3. The highest BCUT2D eigenvalue weighted by molar-refractivity contribution is 7.98. The fourth-order valence-corrected chi connectivity index (χ4v) is 3.52. The van der Waals surface area contributed by atoms with Crippen LogP contribution >= 0.6 is 11.8 Å². The average Bonchev–Trinajstić information content (AvgIpc) is 2.79. The Morgan fingerprint density at radius 2 is 1.53 bits per heavy atom. The number of phenols is 1. The predicted molar refractivity (Wildman–Crippen MR) is 130 cm³/mol. The number of aromatic hydroxyl groups is 1. The van der Waals surface area contributed by atoms with E-state index in [4.69, 9.17) is 10.8 Å². The minimum absolute atomic E-state index is 0.0347. The van der Waals surface area contributed by atoms with Crippen LogP contribution in [0.3, 0.4) is 0 Å². The van der Waals surface area contributed by atoms with Crippen LogP contribution in [-0.4, -0.2) is 92.4 Å². The average molecular weight is 529 g/mol. The van der Waals surface area contributed by atoms with Crippen LogP contribution in [0.4, 0.5) is 0 Å². The summed E-state index contributed by atoms with van der Waals surface area (Å²) in [6, 6.07) is 0.0837. The van der Waals surface area contributed by atoms with Crippen LogP contribution in [0.2, 0.25) is 0 Å². The maximum Gasteiger partial charge on any atom is 0.326 e. The van der Waals surface area contributed by atoms with E-state index in [1.165, 1.54) is 43.0 Å². The van der Waals surface area contributed by atoms with Crippen LogP contribution in [0.25, 0.3) is 0 Å². The van der Waals surface area contributed by atoms with E-state index < -0.39 is 66.4 Å². The van der Waals surface area contributed by atoms with E-state index in [1.54, 1.807) is 6.26 Å². The summed E-state index contributed by atoms with van der Waals surface area (Å²) in [6.45, 7) is 1.22. The molecule has 1 aromatic rings. The monoisotopic (exact) mass is 528 g/mol. The number of nitrogens with one attached hydrogen (secondary N) is 3. The first kappa shape index (κ1) is 30.7. The third-order valence-electron chi connectivity index (χ3n) is 5.03. The fourth-order valence-electron chi connectivity index (χ4n) is 3.05. The van der Waals surface area contributed by atoms with Crippen LogP contribution in [0.1, 0.15) is 25.3 Å². The first-order chi connectivity index (χ1) is 16.8. The molecule has 5 unspecified atom stereocenters. The number of thioether (sulfide) groups is 1. The summed E-state index contributed by atoms with van der Waals surface area (Å²) in [4.78, 5) is 60.5. The van der Waals surface area contributed by atoms with Crippen molar-refractivity contribution in [2.45, 2.75) is 56.5 Å². The van der Waals surface area contributed by atoms with Gasteiger partial charge in [0.25, 0.3) is 0 Å². The van der Waals surface area contributed by atoms with Gasteiger partial charge in [0.15, 0.2) is 0 Å². The summed E-state index contributed by atoms with van der Waals surface area (Å²) in [6.07, 6.45) is -0.362. The van der Waals surface area contributed by atoms with E-state index in [2.05, 4.69) is 16.0 Å². The van der Waals surface area contributed by atoms with Crippen LogP contribution in [0.15, 0.2) is 24.3 Å². The van der Waals surface area contributed by atoms with Gasteiger partial charge in [-0.25, -0.2) is 4.79 Å². The number of phenolic OH excluding ortho intramolecular Hbond substituents is 1. The van der Waals surface area contributed by atoms with Crippen molar-refractivity contribution in [3.05, 3.63) is 29.8 Å². The minimum Gasteiger partial charge on any atom is -0.508 e. The third kappa shape index (κ3) is 10.5. The van der Waals surface area contributed by atoms with Crippen molar-refractivity contribution in [3.63, 3.8) is 0 Å². The van der Waals surface area contributed by atoms with E-state index >= 15 is 0 Å². The predicted octanol–water partition coefficient (Wildman–Crippen LogP) is -1.59. The Hall–Kier alpha value is -3.36. The number of carbonyl (C=O) groups is 5. The van der Waals surface area contributed by atoms with Gasteiger partial charge in [-0.15, -0.1) is 0 Å². The first-order valence-electron chi connectivity index (χ1n) is 10.9. The van der Waals surface area contributed by atoms with E-state index in [9.17, 15) is 39.3 Å². The summed E-state index contributed by atoms with van der Waals surface area (Å²) in [5, 5.41) is 44.7. The number of carboxylic acids is 2. The molecule has 0 aliphatic heterocycles. The Morgan fingerprint density at radius 1 is 0.944 bits per heavy atom. The number of hydrogen-bond acceptors (Lipinski definition) is 9. The van der Waals surface area contributed by atoms with Crippen molar-refractivity contribution >= 4 is 41.4 Å². The van der Waals surface area contributed by atoms with Crippen LogP contribution in [0.5, 0.6) is 5.75 Å². The zero-order valence-corrected chi connectivity index (χ0v) is 20.7. The van der Waals surface area contributed by atoms with Gasteiger partial charge in [0, 0.05) is 6.42 Å². The molecule has 0 aliphatic rings. The smallest absolute Gasteiger partial charge is 0.326 e. The summed E-state index contributed by atoms with van der Waals surface area (Å²) in [5.41, 5.74) is 6.08. The topological polar surface area (TPSA) is 228 Å². The highest BCUT2D eigenvalue weighted by Gasteiger charge is 2.33. The maximum absolute atomic E-state index is 13.1. The Labute approximate surface area is 211 Å². The van der Waals surface area contributed by atoms with Gasteiger partial charge in [-0.2, -0.15) is 11.8 Å². The molecule has 14 heteroatoms. The normalized spacial score (nSPS) is 15.0. The summed E-state index contributed by atoms with van der Waals surface area (Å²) in [5.74, 6) is -4.97. The van der Waals surface area contributed by atoms with Crippen LogP contribution in [-0.2, 0) is 30.4 Å². The van der Waals surface area contributed by atoms with Crippen molar-refractivity contribution in [2.24, 2.45) is 5.73 Å². The standard InChI is InChI=1S/C22H32N4O9S/c1-11(27)18(21(33)24-15(22(34)35)7-8-36-2)26-20(32)16(9-12-3-5-13(28)6-4-12)25-19(31)14(23)10-17(29)30/h3-6,11,14-16,18,27-28H,7-10,23H2,1-2H3,(H,24,33)(H,25,31)(H,26,32)(H,29,30)(H,34,35). The van der Waals surface area contributed by atoms with Crippen LogP contribution < -0.4 is 21.7 Å². The largest absolute Gasteiger partial charge is 0.508 e. The van der Waals surface area contributed by atoms with Crippen molar-refractivity contribution in [1.29, 1.82) is 0 Å². The maximum atomic E-state index is 13.1. The second kappa shape index (κ2) is 14.9. The Balaban J connectivity index is 3.09. The Bertz CT molecular complexity index is 927. The quantitative estimate of drug-likeness (QED) is 0.129. The summed E-state index contributed by atoms with van der Waals surface area (Å²) in [7, 11) is 0. The molecule has 36 heavy (non-hydrogen) atoms. The molecule has 13 nitrogen and oxygen atoms in total. The lowest BCUT2D eigenvalue weighted by atomic mass is 10.0. The molecule has 9 N–H and O–H groups in total. The molecule has 0 bridgehead atoms. The zero-order chi connectivity index (χ0) is 27.4. The molecule has 1 aromatic carbocycles. The highest BCUT2D eigenvalue weighted by atomic mass is 32.2. The Morgan fingerprint density at radius 3 is 2.03 bits per heavy atom. The molecule has 0 radical (unpaired) electrons. The number of hydrogen-bond donors (Lipinski definition) is 8. The number of aliphatic carboxylic acids is 2. The Kier molecular flexibility index (Phi) is 12.7. The number of rotatable bonds is 15. The highest BCUT2D eigenvalue weighted by Crippen LogP contribution is 2.12. The number of aliphatic hydroxyl groups excluding tert-OH is 1. The molecule has 0 aliphatic carbocycles. The molecule has 0 spiro atoms. The van der Waals surface area contributed by atoms with Gasteiger partial charge in [-0.1, -0.05) is 12.1 Å². The number of nitrogens with two attached hydrogens (primary N) is 1. The number of benzene rings is 1. The van der Waals surface area contributed by atoms with Gasteiger partial charge in [-0.3, -0.25) is 19.2 Å². The molecule has 0 fully saturated rings. The summed E-state index contributed by atoms with van der Waals surface area (Å²) >= 11 is 1.38. The molecule has 0 saturated carbocycles. The van der Waals surface area contributed by atoms with E-state index in [-0.39, 0.29) is 18.6 Å². The van der Waals surface area contributed by atoms with E-state index in [0.717, 1.165) is 0 Å². The van der Waals surface area contributed by atoms with Crippen molar-refractivity contribution < 1.29 is 44.4 Å². The second-order valence-electron chi connectivity index (χ2n) is 8.04. The molecule has 3 amide bonds. The first-order valence-corrected chi connectivity index (χ1v) is 12.3. The second-order valence-corrected chi connectivity index (χ2v) is 9.03. The molecule has 200 valence electrons. The van der Waals surface area contributed by atoms with Crippen molar-refractivity contribution in [1.82, 2.24) is 16.0 Å².